The van der Waals surface area contributed by atoms with E-state index in [-0.39, 0.29) is 11.4 Å². The number of pyridine rings is 1. The SMILES string of the molecule is COCCn1ccc(C(=O)N2CC3(C[C@@H](COCc4ccccn4)CCN3C)C2)n1. The zero-order chi connectivity index (χ0) is 21.0. The van der Waals surface area contributed by atoms with E-state index >= 15 is 0 Å². The number of likely N-dealkylation sites (tertiary alicyclic amines) is 2. The van der Waals surface area contributed by atoms with Crippen molar-refractivity contribution in [1.29, 1.82) is 0 Å². The molecule has 4 heterocycles. The molecule has 0 bridgehead atoms. The van der Waals surface area contributed by atoms with Crippen LogP contribution in [-0.4, -0.2) is 83.0 Å². The highest BCUT2D eigenvalue weighted by Gasteiger charge is 2.51. The van der Waals surface area contributed by atoms with E-state index in [4.69, 9.17) is 9.47 Å². The van der Waals surface area contributed by atoms with E-state index < -0.39 is 0 Å². The molecule has 2 aromatic rings. The lowest BCUT2D eigenvalue weighted by molar-refractivity contribution is -0.0771. The van der Waals surface area contributed by atoms with Crippen LogP contribution >= 0.6 is 0 Å². The standard InChI is InChI=1S/C22H31N5O3/c1-25-9-6-18(14-30-15-19-5-3-4-8-23-19)13-22(25)16-26(17-22)21(28)20-7-10-27(24-20)11-12-29-2/h3-5,7-8,10,18H,6,9,11-17H2,1-2H3/t18-/m0/s1. The molecule has 1 spiro atoms. The average Bonchev–Trinajstić information content (AvgIpc) is 3.21. The maximum absolute atomic E-state index is 12.8. The molecule has 0 saturated carbocycles. The van der Waals surface area contributed by atoms with Crippen molar-refractivity contribution in [3.05, 3.63) is 48.0 Å². The summed E-state index contributed by atoms with van der Waals surface area (Å²) in [5.74, 6) is 0.522. The van der Waals surface area contributed by atoms with Gasteiger partial charge in [-0.1, -0.05) is 6.07 Å². The highest BCUT2D eigenvalue weighted by molar-refractivity contribution is 5.93. The molecule has 8 nitrogen and oxygen atoms in total. The molecule has 1 atom stereocenters. The zero-order valence-corrected chi connectivity index (χ0v) is 17.9. The van der Waals surface area contributed by atoms with E-state index in [1.165, 1.54) is 0 Å². The fourth-order valence-electron chi connectivity index (χ4n) is 4.49. The molecule has 0 aliphatic carbocycles. The van der Waals surface area contributed by atoms with E-state index in [1.54, 1.807) is 24.1 Å². The Hall–Kier alpha value is -2.29. The Balaban J connectivity index is 1.28. The number of hydrogen-bond donors (Lipinski definition) is 0. The fourth-order valence-corrected chi connectivity index (χ4v) is 4.49. The van der Waals surface area contributed by atoms with Crippen molar-refractivity contribution in [2.45, 2.75) is 31.5 Å². The molecule has 2 aliphatic rings. The smallest absolute Gasteiger partial charge is 0.274 e. The van der Waals surface area contributed by atoms with Crippen LogP contribution in [0.2, 0.25) is 0 Å². The van der Waals surface area contributed by atoms with Gasteiger partial charge in [0.1, 0.15) is 5.69 Å². The third kappa shape index (κ3) is 4.55. The van der Waals surface area contributed by atoms with Gasteiger partial charge in [-0.2, -0.15) is 5.10 Å². The van der Waals surface area contributed by atoms with E-state index in [0.717, 1.165) is 44.8 Å². The second-order valence-corrected chi connectivity index (χ2v) is 8.46. The van der Waals surface area contributed by atoms with Gasteiger partial charge in [-0.05, 0) is 50.6 Å². The van der Waals surface area contributed by atoms with Crippen molar-refractivity contribution < 1.29 is 14.3 Å². The van der Waals surface area contributed by atoms with Gasteiger partial charge in [0, 0.05) is 32.6 Å². The Morgan fingerprint density at radius 3 is 2.93 bits per heavy atom. The Bertz CT molecular complexity index is 834. The number of nitrogens with zero attached hydrogens (tertiary/aromatic N) is 5. The van der Waals surface area contributed by atoms with Crippen molar-refractivity contribution in [2.24, 2.45) is 5.92 Å². The summed E-state index contributed by atoms with van der Waals surface area (Å²) in [6.07, 6.45) is 5.81. The minimum Gasteiger partial charge on any atom is -0.383 e. The number of amides is 1. The number of methoxy groups -OCH3 is 1. The van der Waals surface area contributed by atoms with Crippen LogP contribution in [-0.2, 0) is 22.6 Å². The summed E-state index contributed by atoms with van der Waals surface area (Å²) < 4.78 is 12.8. The maximum Gasteiger partial charge on any atom is 0.274 e. The number of ether oxygens (including phenoxy) is 2. The second kappa shape index (κ2) is 9.24. The fraction of sp³-hybridized carbons (Fsp3) is 0.591. The number of carbonyl (C=O) groups excluding carboxylic acids is 1. The van der Waals surface area contributed by atoms with E-state index in [1.807, 2.05) is 29.3 Å². The summed E-state index contributed by atoms with van der Waals surface area (Å²) in [6.45, 7) is 5.06. The number of rotatable bonds is 8. The largest absolute Gasteiger partial charge is 0.383 e. The number of piperidine rings is 1. The Morgan fingerprint density at radius 1 is 1.30 bits per heavy atom. The van der Waals surface area contributed by atoms with Gasteiger partial charge >= 0.3 is 0 Å². The second-order valence-electron chi connectivity index (χ2n) is 8.46. The van der Waals surface area contributed by atoms with Crippen molar-refractivity contribution in [2.75, 3.05) is 47.0 Å². The molecule has 2 saturated heterocycles. The van der Waals surface area contributed by atoms with Crippen LogP contribution in [0.15, 0.2) is 36.7 Å². The molecule has 4 rings (SSSR count). The van der Waals surface area contributed by atoms with Gasteiger partial charge in [0.15, 0.2) is 0 Å². The number of aromatic nitrogens is 3. The first kappa shape index (κ1) is 21.0. The summed E-state index contributed by atoms with van der Waals surface area (Å²) in [6, 6.07) is 7.68. The topological polar surface area (TPSA) is 72.7 Å². The monoisotopic (exact) mass is 413 g/mol. The van der Waals surface area contributed by atoms with Gasteiger partial charge in [0.25, 0.3) is 5.91 Å². The van der Waals surface area contributed by atoms with Crippen molar-refractivity contribution in [3.63, 3.8) is 0 Å². The first-order chi connectivity index (χ1) is 14.6. The Morgan fingerprint density at radius 2 is 2.17 bits per heavy atom. The molecule has 30 heavy (non-hydrogen) atoms. The van der Waals surface area contributed by atoms with Gasteiger partial charge in [-0.25, -0.2) is 0 Å². The molecule has 0 radical (unpaired) electrons. The maximum atomic E-state index is 12.8. The van der Waals surface area contributed by atoms with Crippen molar-refractivity contribution >= 4 is 5.91 Å². The predicted octanol–water partition coefficient (Wildman–Crippen LogP) is 1.68. The van der Waals surface area contributed by atoms with Crippen LogP contribution in [0.4, 0.5) is 0 Å². The van der Waals surface area contributed by atoms with E-state index in [0.29, 0.717) is 31.4 Å². The number of likely N-dealkylation sites (N-methyl/N-ethyl adjacent to an activating group) is 1. The molecular weight excluding hydrogens is 382 g/mol. The first-order valence-electron chi connectivity index (χ1n) is 10.6. The number of hydrogen-bond acceptors (Lipinski definition) is 6. The lowest BCUT2D eigenvalue weighted by atomic mass is 9.75. The van der Waals surface area contributed by atoms with Crippen molar-refractivity contribution in [3.8, 4) is 0 Å². The van der Waals surface area contributed by atoms with Gasteiger partial charge in [0.05, 0.1) is 37.6 Å². The molecule has 2 fully saturated rings. The van der Waals surface area contributed by atoms with Crippen LogP contribution < -0.4 is 0 Å². The van der Waals surface area contributed by atoms with Crippen LogP contribution in [0.3, 0.4) is 0 Å². The predicted molar refractivity (Wildman–Crippen MR) is 112 cm³/mol. The Labute approximate surface area is 177 Å². The van der Waals surface area contributed by atoms with Crippen molar-refractivity contribution in [1.82, 2.24) is 24.6 Å². The summed E-state index contributed by atoms with van der Waals surface area (Å²) >= 11 is 0. The Kier molecular flexibility index (Phi) is 6.46. The molecule has 2 aliphatic heterocycles. The zero-order valence-electron chi connectivity index (χ0n) is 17.9. The van der Waals surface area contributed by atoms with E-state index in [2.05, 4.69) is 22.0 Å². The summed E-state index contributed by atoms with van der Waals surface area (Å²) in [5, 5.41) is 4.39. The third-order valence-corrected chi connectivity index (χ3v) is 6.32. The minimum atomic E-state index is 0.0127. The molecule has 8 heteroatoms. The molecule has 0 aromatic carbocycles. The molecule has 0 unspecified atom stereocenters. The lowest BCUT2D eigenvalue weighted by Crippen LogP contribution is -2.72. The minimum absolute atomic E-state index is 0.0127. The van der Waals surface area contributed by atoms with Gasteiger partial charge in [-0.3, -0.25) is 19.4 Å². The molecule has 162 valence electrons. The van der Waals surface area contributed by atoms with Crippen LogP contribution in [0.5, 0.6) is 0 Å². The summed E-state index contributed by atoms with van der Waals surface area (Å²) in [5.41, 5.74) is 1.53. The van der Waals surface area contributed by atoms with Crippen LogP contribution in [0, 0.1) is 5.92 Å². The van der Waals surface area contributed by atoms with Crippen LogP contribution in [0.1, 0.15) is 29.0 Å². The molecule has 0 N–H and O–H groups in total. The number of carbonyl (C=O) groups is 1. The third-order valence-electron chi connectivity index (χ3n) is 6.32. The molecular formula is C22H31N5O3. The summed E-state index contributed by atoms with van der Waals surface area (Å²) in [4.78, 5) is 21.5. The van der Waals surface area contributed by atoms with E-state index in [9.17, 15) is 4.79 Å². The highest BCUT2D eigenvalue weighted by atomic mass is 16.5. The molecule has 1 amide bonds. The van der Waals surface area contributed by atoms with Gasteiger partial charge < -0.3 is 14.4 Å². The average molecular weight is 414 g/mol. The van der Waals surface area contributed by atoms with Gasteiger partial charge in [0.2, 0.25) is 0 Å². The van der Waals surface area contributed by atoms with Crippen LogP contribution in [0.25, 0.3) is 0 Å². The van der Waals surface area contributed by atoms with Gasteiger partial charge in [-0.15, -0.1) is 0 Å². The normalized spacial score (nSPS) is 21.0. The highest BCUT2D eigenvalue weighted by Crippen LogP contribution is 2.38. The first-order valence-corrected chi connectivity index (χ1v) is 10.6. The molecule has 2 aromatic heterocycles. The quantitative estimate of drug-likeness (QED) is 0.656. The lowest BCUT2D eigenvalue weighted by Gasteiger charge is -2.58. The summed E-state index contributed by atoms with van der Waals surface area (Å²) in [7, 11) is 3.83.